The second kappa shape index (κ2) is 10.3. The quantitative estimate of drug-likeness (QED) is 0.286. The normalized spacial score (nSPS) is 11.7. The van der Waals surface area contributed by atoms with Crippen molar-refractivity contribution in [2.45, 2.75) is 26.1 Å². The van der Waals surface area contributed by atoms with E-state index in [9.17, 15) is 9.59 Å². The minimum Gasteiger partial charge on any atom is -0.487 e. The smallest absolute Gasteiger partial charge is 0.262 e. The number of rotatable bonds is 8. The van der Waals surface area contributed by atoms with E-state index < -0.39 is 0 Å². The summed E-state index contributed by atoms with van der Waals surface area (Å²) in [5, 5.41) is 3.45. The molecule has 172 valence electrons. The molecule has 1 unspecified atom stereocenters. The molecule has 2 N–H and O–H groups in total. The zero-order chi connectivity index (χ0) is 24.1. The highest BCUT2D eigenvalue weighted by molar-refractivity contribution is 7.71. The topological polar surface area (TPSA) is 89.0 Å². The SMILES string of the molecule is C=CCn1c(=S)[nH]c2cc(C(=O)NC(C)c3cccc(OCc4ccccn4)c3)ccc2c1=O. The molecule has 0 saturated heterocycles. The van der Waals surface area contributed by atoms with Crippen LogP contribution < -0.4 is 15.6 Å². The zero-order valence-electron chi connectivity index (χ0n) is 18.7. The number of pyridine rings is 1. The lowest BCUT2D eigenvalue weighted by molar-refractivity contribution is 0.0940. The molecule has 0 aliphatic carbocycles. The molecule has 8 heteroatoms. The van der Waals surface area contributed by atoms with Gasteiger partial charge in [-0.1, -0.05) is 24.3 Å². The van der Waals surface area contributed by atoms with Crippen LogP contribution in [0.25, 0.3) is 10.9 Å². The highest BCUT2D eigenvalue weighted by atomic mass is 32.1. The maximum absolute atomic E-state index is 12.9. The number of hydrogen-bond donors (Lipinski definition) is 2. The summed E-state index contributed by atoms with van der Waals surface area (Å²) < 4.78 is 7.55. The summed E-state index contributed by atoms with van der Waals surface area (Å²) in [5.74, 6) is 0.433. The average Bonchev–Trinajstić information content (AvgIpc) is 2.85. The molecule has 1 atom stereocenters. The maximum Gasteiger partial charge on any atom is 0.262 e. The van der Waals surface area contributed by atoms with Gasteiger partial charge in [0.1, 0.15) is 12.4 Å². The van der Waals surface area contributed by atoms with Gasteiger partial charge >= 0.3 is 0 Å². The van der Waals surface area contributed by atoms with Crippen molar-refractivity contribution in [1.82, 2.24) is 19.9 Å². The van der Waals surface area contributed by atoms with Crippen LogP contribution in [-0.4, -0.2) is 20.4 Å². The van der Waals surface area contributed by atoms with E-state index in [0.717, 1.165) is 11.3 Å². The third kappa shape index (κ3) is 5.13. The van der Waals surface area contributed by atoms with Crippen molar-refractivity contribution in [3.63, 3.8) is 0 Å². The number of fused-ring (bicyclic) bond motifs is 1. The molecule has 0 radical (unpaired) electrons. The first kappa shape index (κ1) is 23.1. The molecule has 2 aromatic heterocycles. The Kier molecular flexibility index (Phi) is 6.98. The van der Waals surface area contributed by atoms with E-state index in [1.54, 1.807) is 30.5 Å². The Labute approximate surface area is 201 Å². The Morgan fingerprint density at radius 2 is 2.09 bits per heavy atom. The summed E-state index contributed by atoms with van der Waals surface area (Å²) in [6.45, 7) is 6.23. The lowest BCUT2D eigenvalue weighted by atomic mass is 10.1. The van der Waals surface area contributed by atoms with Crippen LogP contribution in [0.5, 0.6) is 5.75 Å². The monoisotopic (exact) mass is 472 g/mol. The predicted octanol–water partition coefficient (Wildman–Crippen LogP) is 4.71. The Hall–Kier alpha value is -4.04. The first-order valence-electron chi connectivity index (χ1n) is 10.8. The molecule has 4 rings (SSSR count). The van der Waals surface area contributed by atoms with Crippen molar-refractivity contribution < 1.29 is 9.53 Å². The number of aromatic amines is 1. The van der Waals surface area contributed by atoms with Crippen molar-refractivity contribution >= 4 is 29.0 Å². The van der Waals surface area contributed by atoms with Crippen molar-refractivity contribution in [1.29, 1.82) is 0 Å². The fraction of sp³-hybridized carbons (Fsp3) is 0.154. The van der Waals surface area contributed by atoms with Gasteiger partial charge in [-0.25, -0.2) is 0 Å². The van der Waals surface area contributed by atoms with E-state index in [1.807, 2.05) is 49.4 Å². The van der Waals surface area contributed by atoms with Gasteiger partial charge in [-0.2, -0.15) is 0 Å². The number of allylic oxidation sites excluding steroid dienone is 1. The second-order valence-electron chi connectivity index (χ2n) is 7.77. The molecular formula is C26H24N4O3S. The molecule has 1 amide bonds. The number of H-pyrrole nitrogens is 1. The molecule has 7 nitrogen and oxygen atoms in total. The highest BCUT2D eigenvalue weighted by Crippen LogP contribution is 2.21. The third-order valence-electron chi connectivity index (χ3n) is 5.37. The molecule has 34 heavy (non-hydrogen) atoms. The summed E-state index contributed by atoms with van der Waals surface area (Å²) in [6, 6.07) is 17.9. The maximum atomic E-state index is 12.9. The molecule has 0 bridgehead atoms. The van der Waals surface area contributed by atoms with E-state index in [2.05, 4.69) is 21.9 Å². The summed E-state index contributed by atoms with van der Waals surface area (Å²) in [5.41, 5.74) is 2.45. The Bertz CT molecular complexity index is 1460. The van der Waals surface area contributed by atoms with Crippen molar-refractivity contribution in [3.05, 3.63) is 111 Å². The minimum absolute atomic E-state index is 0.221. The van der Waals surface area contributed by atoms with E-state index in [1.165, 1.54) is 4.57 Å². The first-order chi connectivity index (χ1) is 16.5. The Morgan fingerprint density at radius 3 is 2.85 bits per heavy atom. The molecule has 0 saturated carbocycles. The van der Waals surface area contributed by atoms with Crippen molar-refractivity contribution in [2.24, 2.45) is 0 Å². The minimum atomic E-state index is -0.263. The van der Waals surface area contributed by atoms with Crippen LogP contribution in [0.1, 0.15) is 34.6 Å². The summed E-state index contributed by atoms with van der Waals surface area (Å²) >= 11 is 5.28. The van der Waals surface area contributed by atoms with E-state index in [-0.39, 0.29) is 22.3 Å². The van der Waals surface area contributed by atoms with Crippen LogP contribution in [0, 0.1) is 4.77 Å². The number of carbonyl (C=O) groups excluding carboxylic acids is 1. The largest absolute Gasteiger partial charge is 0.487 e. The number of nitrogens with zero attached hydrogens (tertiary/aromatic N) is 2. The summed E-state index contributed by atoms with van der Waals surface area (Å²) in [4.78, 5) is 32.9. The molecule has 0 aliphatic heterocycles. The van der Waals surface area contributed by atoms with Crippen molar-refractivity contribution in [2.75, 3.05) is 0 Å². The predicted molar refractivity (Wildman–Crippen MR) is 134 cm³/mol. The molecular weight excluding hydrogens is 448 g/mol. The van der Waals surface area contributed by atoms with Gasteiger partial charge in [-0.15, -0.1) is 6.58 Å². The molecule has 2 heterocycles. The van der Waals surface area contributed by atoms with Crippen LogP contribution in [0.3, 0.4) is 0 Å². The van der Waals surface area contributed by atoms with Gasteiger partial charge in [0.2, 0.25) is 0 Å². The molecule has 0 aliphatic rings. The highest BCUT2D eigenvalue weighted by Gasteiger charge is 2.14. The third-order valence-corrected chi connectivity index (χ3v) is 5.70. The van der Waals surface area contributed by atoms with Gasteiger partial charge in [0, 0.05) is 18.3 Å². The molecule has 0 fully saturated rings. The van der Waals surface area contributed by atoms with Gasteiger partial charge in [-0.05, 0) is 67.2 Å². The van der Waals surface area contributed by atoms with Gasteiger partial charge in [-0.3, -0.25) is 19.1 Å². The van der Waals surface area contributed by atoms with E-state index in [0.29, 0.717) is 35.4 Å². The number of nitrogens with one attached hydrogen (secondary N) is 2. The lowest BCUT2D eigenvalue weighted by Crippen LogP contribution is -2.27. The van der Waals surface area contributed by atoms with Gasteiger partial charge in [0.05, 0.1) is 22.6 Å². The fourth-order valence-corrected chi connectivity index (χ4v) is 3.84. The second-order valence-corrected chi connectivity index (χ2v) is 8.16. The van der Waals surface area contributed by atoms with Crippen LogP contribution in [0.4, 0.5) is 0 Å². The van der Waals surface area contributed by atoms with Crippen LogP contribution in [0.2, 0.25) is 0 Å². The first-order valence-corrected chi connectivity index (χ1v) is 11.2. The number of amides is 1. The van der Waals surface area contributed by atoms with Crippen molar-refractivity contribution in [3.8, 4) is 5.75 Å². The van der Waals surface area contributed by atoms with Crippen LogP contribution >= 0.6 is 12.2 Å². The summed E-state index contributed by atoms with van der Waals surface area (Å²) in [6.07, 6.45) is 3.34. The average molecular weight is 473 g/mol. The van der Waals surface area contributed by atoms with Gasteiger partial charge in [0.25, 0.3) is 11.5 Å². The molecule has 4 aromatic rings. The van der Waals surface area contributed by atoms with Gasteiger partial charge < -0.3 is 15.0 Å². The molecule has 2 aromatic carbocycles. The standard InChI is InChI=1S/C26H24N4O3S/c1-3-13-30-25(32)22-11-10-19(15-23(22)29-26(30)34)24(31)28-17(2)18-7-6-9-21(14-18)33-16-20-8-4-5-12-27-20/h3-12,14-15,17H,1,13,16H2,2H3,(H,28,31)(H,29,34). The number of aromatic nitrogens is 3. The Balaban J connectivity index is 1.49. The zero-order valence-corrected chi connectivity index (χ0v) is 19.5. The number of benzene rings is 2. The number of ether oxygens (including phenoxy) is 1. The molecule has 0 spiro atoms. The number of hydrogen-bond acceptors (Lipinski definition) is 5. The number of carbonyl (C=O) groups is 1. The van der Waals surface area contributed by atoms with E-state index in [4.69, 9.17) is 17.0 Å². The van der Waals surface area contributed by atoms with Crippen LogP contribution in [-0.2, 0) is 13.2 Å². The van der Waals surface area contributed by atoms with Crippen LogP contribution in [0.15, 0.2) is 84.3 Å². The van der Waals surface area contributed by atoms with Gasteiger partial charge in [0.15, 0.2) is 4.77 Å². The lowest BCUT2D eigenvalue weighted by Gasteiger charge is -2.16. The fourth-order valence-electron chi connectivity index (χ4n) is 3.57. The van der Waals surface area contributed by atoms with E-state index >= 15 is 0 Å². The summed E-state index contributed by atoms with van der Waals surface area (Å²) in [7, 11) is 0. The Morgan fingerprint density at radius 1 is 1.24 bits per heavy atom.